The number of benzene rings is 2. The first kappa shape index (κ1) is 15.5. The lowest BCUT2D eigenvalue weighted by Gasteiger charge is -2.17. The number of hydrogen-bond acceptors (Lipinski definition) is 2. The maximum absolute atomic E-state index is 13.7. The Bertz CT molecular complexity index is 596. The molecule has 2 rings (SSSR count). The molecule has 0 radical (unpaired) electrons. The number of hydrogen-bond donors (Lipinski definition) is 1. The molecule has 2 aromatic carbocycles. The maximum Gasteiger partial charge on any atom is 0.127 e. The molecular formula is C18H22FNO. The van der Waals surface area contributed by atoms with E-state index < -0.39 is 0 Å². The van der Waals surface area contributed by atoms with Gasteiger partial charge in [-0.2, -0.15) is 0 Å². The van der Waals surface area contributed by atoms with Crippen LogP contribution in [-0.4, -0.2) is 12.6 Å². The van der Waals surface area contributed by atoms with Crippen molar-refractivity contribution in [1.82, 2.24) is 5.32 Å². The van der Waals surface area contributed by atoms with Crippen molar-refractivity contribution in [3.05, 3.63) is 53.8 Å². The fourth-order valence-electron chi connectivity index (χ4n) is 2.26. The molecule has 1 N–H and O–H groups in total. The van der Waals surface area contributed by atoms with Crippen molar-refractivity contribution in [1.29, 1.82) is 0 Å². The number of para-hydroxylation sites is 1. The van der Waals surface area contributed by atoms with Crippen molar-refractivity contribution >= 4 is 0 Å². The van der Waals surface area contributed by atoms with E-state index in [2.05, 4.69) is 12.2 Å². The van der Waals surface area contributed by atoms with Crippen LogP contribution in [0.25, 0.3) is 11.1 Å². The number of rotatable bonds is 6. The van der Waals surface area contributed by atoms with Gasteiger partial charge in [0.25, 0.3) is 0 Å². The van der Waals surface area contributed by atoms with Gasteiger partial charge in [0, 0.05) is 12.1 Å². The summed E-state index contributed by atoms with van der Waals surface area (Å²) < 4.78 is 19.5. The molecule has 3 heteroatoms. The first-order valence-electron chi connectivity index (χ1n) is 7.37. The quantitative estimate of drug-likeness (QED) is 0.850. The highest BCUT2D eigenvalue weighted by Gasteiger charge is 2.12. The summed E-state index contributed by atoms with van der Waals surface area (Å²) in [4.78, 5) is 0. The molecule has 0 spiro atoms. The van der Waals surface area contributed by atoms with Crippen molar-refractivity contribution < 1.29 is 9.13 Å². The standard InChI is InChI=1S/C18H22FNO/c1-4-20-12-14-9-10-15(19)11-17(14)16-7-5-6-8-18(16)21-13(2)3/h5-11,13,20H,4,12H2,1-3H3. The zero-order valence-electron chi connectivity index (χ0n) is 12.8. The molecular weight excluding hydrogens is 265 g/mol. The second-order valence-corrected chi connectivity index (χ2v) is 5.24. The van der Waals surface area contributed by atoms with E-state index in [1.54, 1.807) is 6.07 Å². The van der Waals surface area contributed by atoms with Crippen LogP contribution in [-0.2, 0) is 6.54 Å². The van der Waals surface area contributed by atoms with Crippen molar-refractivity contribution in [3.63, 3.8) is 0 Å². The van der Waals surface area contributed by atoms with Crippen LogP contribution in [0.5, 0.6) is 5.75 Å². The molecule has 0 aliphatic rings. The lowest BCUT2D eigenvalue weighted by Crippen LogP contribution is -2.13. The average Bonchev–Trinajstić information content (AvgIpc) is 2.46. The van der Waals surface area contributed by atoms with E-state index in [0.717, 1.165) is 29.0 Å². The second-order valence-electron chi connectivity index (χ2n) is 5.24. The summed E-state index contributed by atoms with van der Waals surface area (Å²) in [7, 11) is 0. The number of ether oxygens (including phenoxy) is 1. The van der Waals surface area contributed by atoms with Gasteiger partial charge >= 0.3 is 0 Å². The van der Waals surface area contributed by atoms with Gasteiger partial charge < -0.3 is 10.1 Å². The van der Waals surface area contributed by atoms with Crippen LogP contribution >= 0.6 is 0 Å². The normalized spacial score (nSPS) is 10.9. The molecule has 2 aromatic rings. The summed E-state index contributed by atoms with van der Waals surface area (Å²) in [5, 5.41) is 3.29. The minimum Gasteiger partial charge on any atom is -0.490 e. The Morgan fingerprint density at radius 3 is 2.57 bits per heavy atom. The highest BCUT2D eigenvalue weighted by Crippen LogP contribution is 2.33. The van der Waals surface area contributed by atoms with Crippen molar-refractivity contribution in [2.75, 3.05) is 6.54 Å². The van der Waals surface area contributed by atoms with Gasteiger partial charge in [-0.15, -0.1) is 0 Å². The van der Waals surface area contributed by atoms with Gasteiger partial charge in [0.05, 0.1) is 6.10 Å². The predicted octanol–water partition coefficient (Wildman–Crippen LogP) is 4.39. The summed E-state index contributed by atoms with van der Waals surface area (Å²) in [5.41, 5.74) is 2.88. The van der Waals surface area contributed by atoms with E-state index in [1.807, 2.05) is 44.2 Å². The molecule has 0 atom stereocenters. The topological polar surface area (TPSA) is 21.3 Å². The maximum atomic E-state index is 13.7. The van der Waals surface area contributed by atoms with Gasteiger partial charge in [0.1, 0.15) is 11.6 Å². The van der Waals surface area contributed by atoms with Crippen LogP contribution in [0.4, 0.5) is 4.39 Å². The molecule has 21 heavy (non-hydrogen) atoms. The Kier molecular flexibility index (Phi) is 5.34. The summed E-state index contributed by atoms with van der Waals surface area (Å²) >= 11 is 0. The van der Waals surface area contributed by atoms with Crippen molar-refractivity contribution in [2.45, 2.75) is 33.4 Å². The van der Waals surface area contributed by atoms with E-state index in [-0.39, 0.29) is 11.9 Å². The lowest BCUT2D eigenvalue weighted by molar-refractivity contribution is 0.243. The molecule has 2 nitrogen and oxygen atoms in total. The Morgan fingerprint density at radius 2 is 1.86 bits per heavy atom. The Balaban J connectivity index is 2.47. The van der Waals surface area contributed by atoms with E-state index in [1.165, 1.54) is 6.07 Å². The average molecular weight is 287 g/mol. The number of nitrogens with one attached hydrogen (secondary N) is 1. The minimum absolute atomic E-state index is 0.0805. The number of halogens is 1. The van der Waals surface area contributed by atoms with Crippen LogP contribution < -0.4 is 10.1 Å². The molecule has 0 unspecified atom stereocenters. The van der Waals surface area contributed by atoms with Crippen LogP contribution in [0.2, 0.25) is 0 Å². The van der Waals surface area contributed by atoms with Crippen molar-refractivity contribution in [3.8, 4) is 16.9 Å². The molecule has 0 heterocycles. The van der Waals surface area contributed by atoms with Gasteiger partial charge in [-0.25, -0.2) is 4.39 Å². The fourth-order valence-corrected chi connectivity index (χ4v) is 2.26. The molecule has 0 fully saturated rings. The molecule has 0 aliphatic carbocycles. The molecule has 0 amide bonds. The fraction of sp³-hybridized carbons (Fsp3) is 0.333. The van der Waals surface area contributed by atoms with Gasteiger partial charge in [-0.05, 0) is 49.7 Å². The first-order valence-corrected chi connectivity index (χ1v) is 7.37. The molecule has 0 bridgehead atoms. The second kappa shape index (κ2) is 7.23. The Labute approximate surface area is 126 Å². The largest absolute Gasteiger partial charge is 0.490 e. The van der Waals surface area contributed by atoms with Crippen LogP contribution in [0.15, 0.2) is 42.5 Å². The molecule has 0 saturated carbocycles. The van der Waals surface area contributed by atoms with Crippen LogP contribution in [0.3, 0.4) is 0 Å². The van der Waals surface area contributed by atoms with Gasteiger partial charge in [0.2, 0.25) is 0 Å². The summed E-state index contributed by atoms with van der Waals surface area (Å²) in [6, 6.07) is 12.7. The van der Waals surface area contributed by atoms with Gasteiger partial charge in [-0.3, -0.25) is 0 Å². The van der Waals surface area contributed by atoms with Crippen LogP contribution in [0, 0.1) is 5.82 Å². The zero-order valence-corrected chi connectivity index (χ0v) is 12.8. The first-order chi connectivity index (χ1) is 10.1. The minimum atomic E-state index is -0.232. The third kappa shape index (κ3) is 4.05. The van der Waals surface area contributed by atoms with Crippen LogP contribution in [0.1, 0.15) is 26.3 Å². The zero-order chi connectivity index (χ0) is 15.2. The third-order valence-electron chi connectivity index (χ3n) is 3.18. The summed E-state index contributed by atoms with van der Waals surface area (Å²) in [6.45, 7) is 7.62. The molecule has 0 saturated heterocycles. The smallest absolute Gasteiger partial charge is 0.127 e. The van der Waals surface area contributed by atoms with Gasteiger partial charge in [0.15, 0.2) is 0 Å². The third-order valence-corrected chi connectivity index (χ3v) is 3.18. The molecule has 112 valence electrons. The van der Waals surface area contributed by atoms with E-state index in [4.69, 9.17) is 4.74 Å². The highest BCUT2D eigenvalue weighted by atomic mass is 19.1. The summed E-state index contributed by atoms with van der Waals surface area (Å²) in [5.74, 6) is 0.556. The Morgan fingerprint density at radius 1 is 1.10 bits per heavy atom. The van der Waals surface area contributed by atoms with Crippen molar-refractivity contribution in [2.24, 2.45) is 0 Å². The summed E-state index contributed by atoms with van der Waals surface area (Å²) in [6.07, 6.45) is 0.0805. The lowest BCUT2D eigenvalue weighted by atomic mass is 9.98. The van der Waals surface area contributed by atoms with E-state index in [9.17, 15) is 4.39 Å². The Hall–Kier alpha value is -1.87. The SMILES string of the molecule is CCNCc1ccc(F)cc1-c1ccccc1OC(C)C. The monoisotopic (exact) mass is 287 g/mol. The van der Waals surface area contributed by atoms with E-state index >= 15 is 0 Å². The van der Waals surface area contributed by atoms with Gasteiger partial charge in [-0.1, -0.05) is 31.2 Å². The molecule has 0 aromatic heterocycles. The van der Waals surface area contributed by atoms with E-state index in [0.29, 0.717) is 6.54 Å². The predicted molar refractivity (Wildman–Crippen MR) is 85.0 cm³/mol. The molecule has 0 aliphatic heterocycles. The highest BCUT2D eigenvalue weighted by molar-refractivity contribution is 5.73.